The number of likely N-dealkylation sites (tertiary alicyclic amines) is 1. The molecule has 24 heavy (non-hydrogen) atoms. The summed E-state index contributed by atoms with van der Waals surface area (Å²) >= 11 is 0. The third-order valence-electron chi connectivity index (χ3n) is 4.38. The van der Waals surface area contributed by atoms with Gasteiger partial charge in [0.1, 0.15) is 0 Å². The Hall–Kier alpha value is -0.830. The summed E-state index contributed by atoms with van der Waals surface area (Å²) in [7, 11) is 1.93. The maximum Gasteiger partial charge on any atom is 0.191 e. The van der Waals surface area contributed by atoms with Crippen LogP contribution < -0.4 is 10.6 Å². The van der Waals surface area contributed by atoms with Crippen LogP contribution in [0.25, 0.3) is 0 Å². The van der Waals surface area contributed by atoms with Crippen molar-refractivity contribution in [1.82, 2.24) is 25.3 Å². The third kappa shape index (κ3) is 7.38. The maximum atomic E-state index is 4.62. The Morgan fingerprint density at radius 1 is 1.38 bits per heavy atom. The van der Waals surface area contributed by atoms with Gasteiger partial charge in [-0.05, 0) is 39.7 Å². The standard InChI is InChI=1S/C17H32N6.HI/c1-4-18-17(20-12-16-13-21-22(3)14-16)19-9-7-11-23-10-6-5-8-15(23)2;/h13-15H,4-12H2,1-3H3,(H2,18,19,20);1H. The number of piperidine rings is 1. The summed E-state index contributed by atoms with van der Waals surface area (Å²) in [6.07, 6.45) is 9.12. The molecule has 2 rings (SSSR count). The molecule has 0 spiro atoms. The molecule has 0 aromatic carbocycles. The van der Waals surface area contributed by atoms with E-state index in [2.05, 4.69) is 39.5 Å². The summed E-state index contributed by atoms with van der Waals surface area (Å²) in [5.74, 6) is 0.892. The molecule has 0 amide bonds. The highest BCUT2D eigenvalue weighted by atomic mass is 127. The second-order valence-electron chi connectivity index (χ2n) is 6.38. The highest BCUT2D eigenvalue weighted by molar-refractivity contribution is 14.0. The molecule has 2 heterocycles. The van der Waals surface area contributed by atoms with Crippen LogP contribution in [0.4, 0.5) is 0 Å². The fourth-order valence-corrected chi connectivity index (χ4v) is 3.04. The Kier molecular flexibility index (Phi) is 10.3. The number of guanidine groups is 1. The lowest BCUT2D eigenvalue weighted by Gasteiger charge is -2.33. The molecule has 1 saturated heterocycles. The highest BCUT2D eigenvalue weighted by Gasteiger charge is 2.17. The van der Waals surface area contributed by atoms with E-state index in [4.69, 9.17) is 0 Å². The summed E-state index contributed by atoms with van der Waals surface area (Å²) < 4.78 is 1.81. The van der Waals surface area contributed by atoms with Crippen LogP contribution in [0.2, 0.25) is 0 Å². The van der Waals surface area contributed by atoms with Crippen molar-refractivity contribution in [1.29, 1.82) is 0 Å². The monoisotopic (exact) mass is 448 g/mol. The van der Waals surface area contributed by atoms with Crippen molar-refractivity contribution in [2.75, 3.05) is 26.2 Å². The largest absolute Gasteiger partial charge is 0.357 e. The number of aromatic nitrogens is 2. The fourth-order valence-electron chi connectivity index (χ4n) is 3.04. The molecule has 1 unspecified atom stereocenters. The lowest BCUT2D eigenvalue weighted by atomic mass is 10.0. The molecule has 1 aromatic heterocycles. The first kappa shape index (κ1) is 21.2. The zero-order valence-electron chi connectivity index (χ0n) is 15.3. The molecule has 1 aliphatic rings. The van der Waals surface area contributed by atoms with Crippen LogP contribution in [0.3, 0.4) is 0 Å². The van der Waals surface area contributed by atoms with Gasteiger partial charge in [0.05, 0.1) is 12.7 Å². The van der Waals surface area contributed by atoms with Crippen LogP contribution in [0.1, 0.15) is 45.1 Å². The first-order chi connectivity index (χ1) is 11.2. The predicted molar refractivity (Wildman–Crippen MR) is 111 cm³/mol. The van der Waals surface area contributed by atoms with E-state index in [-0.39, 0.29) is 24.0 Å². The minimum absolute atomic E-state index is 0. The van der Waals surface area contributed by atoms with Crippen molar-refractivity contribution in [2.24, 2.45) is 12.0 Å². The quantitative estimate of drug-likeness (QED) is 0.291. The SMILES string of the molecule is CCNC(=NCc1cnn(C)c1)NCCCN1CCCCC1C.I. The van der Waals surface area contributed by atoms with Crippen molar-refractivity contribution in [3.63, 3.8) is 0 Å². The number of hydrogen-bond donors (Lipinski definition) is 2. The molecule has 0 radical (unpaired) electrons. The lowest BCUT2D eigenvalue weighted by Crippen LogP contribution is -2.41. The van der Waals surface area contributed by atoms with Gasteiger partial charge in [-0.1, -0.05) is 6.42 Å². The lowest BCUT2D eigenvalue weighted by molar-refractivity contribution is 0.159. The summed E-state index contributed by atoms with van der Waals surface area (Å²) in [5.41, 5.74) is 1.13. The van der Waals surface area contributed by atoms with E-state index < -0.39 is 0 Å². The number of hydrogen-bond acceptors (Lipinski definition) is 3. The van der Waals surface area contributed by atoms with Gasteiger partial charge >= 0.3 is 0 Å². The van der Waals surface area contributed by atoms with Gasteiger partial charge in [0.25, 0.3) is 0 Å². The van der Waals surface area contributed by atoms with Gasteiger partial charge in [0.15, 0.2) is 5.96 Å². The molecule has 0 saturated carbocycles. The second kappa shape index (κ2) is 11.7. The third-order valence-corrected chi connectivity index (χ3v) is 4.38. The Balaban J connectivity index is 0.00000288. The number of halogens is 1. The number of nitrogens with one attached hydrogen (secondary N) is 2. The van der Waals surface area contributed by atoms with E-state index in [9.17, 15) is 0 Å². The van der Waals surface area contributed by atoms with Crippen LogP contribution in [0, 0.1) is 0 Å². The topological polar surface area (TPSA) is 57.5 Å². The van der Waals surface area contributed by atoms with Crippen molar-refractivity contribution in [2.45, 2.75) is 52.1 Å². The summed E-state index contributed by atoms with van der Waals surface area (Å²) in [6, 6.07) is 0.747. The molecule has 1 aliphatic heterocycles. The summed E-state index contributed by atoms with van der Waals surface area (Å²) in [5, 5.41) is 10.9. The molecule has 2 N–H and O–H groups in total. The number of aliphatic imine (C=N–C) groups is 1. The molecular formula is C17H33IN6. The number of rotatable bonds is 7. The summed E-state index contributed by atoms with van der Waals surface area (Å²) in [6.45, 7) is 9.38. The van der Waals surface area contributed by atoms with Crippen LogP contribution in [0.15, 0.2) is 17.4 Å². The predicted octanol–water partition coefficient (Wildman–Crippen LogP) is 2.36. The molecule has 1 fully saturated rings. The highest BCUT2D eigenvalue weighted by Crippen LogP contribution is 2.15. The Labute approximate surface area is 163 Å². The molecule has 0 bridgehead atoms. The van der Waals surface area contributed by atoms with Crippen molar-refractivity contribution in [3.8, 4) is 0 Å². The van der Waals surface area contributed by atoms with E-state index in [0.717, 1.165) is 37.1 Å². The Morgan fingerprint density at radius 2 is 2.21 bits per heavy atom. The van der Waals surface area contributed by atoms with Gasteiger partial charge in [-0.3, -0.25) is 4.68 Å². The van der Waals surface area contributed by atoms with Crippen LogP contribution in [0.5, 0.6) is 0 Å². The van der Waals surface area contributed by atoms with E-state index >= 15 is 0 Å². The molecule has 7 heteroatoms. The first-order valence-corrected chi connectivity index (χ1v) is 8.92. The van der Waals surface area contributed by atoms with E-state index in [1.54, 1.807) is 0 Å². The van der Waals surface area contributed by atoms with Crippen molar-refractivity contribution >= 4 is 29.9 Å². The number of aryl methyl sites for hydroxylation is 1. The van der Waals surface area contributed by atoms with Crippen LogP contribution >= 0.6 is 24.0 Å². The molecular weight excluding hydrogens is 415 g/mol. The molecule has 1 aromatic rings. The average molecular weight is 448 g/mol. The van der Waals surface area contributed by atoms with E-state index in [1.165, 1.54) is 32.4 Å². The molecule has 1 atom stereocenters. The zero-order valence-corrected chi connectivity index (χ0v) is 17.6. The summed E-state index contributed by atoms with van der Waals surface area (Å²) in [4.78, 5) is 7.24. The second-order valence-corrected chi connectivity index (χ2v) is 6.38. The molecule has 0 aliphatic carbocycles. The van der Waals surface area contributed by atoms with Crippen LogP contribution in [-0.4, -0.2) is 52.9 Å². The normalized spacial score (nSPS) is 19.0. The molecule has 138 valence electrons. The number of nitrogens with zero attached hydrogens (tertiary/aromatic N) is 4. The van der Waals surface area contributed by atoms with Crippen molar-refractivity contribution in [3.05, 3.63) is 18.0 Å². The van der Waals surface area contributed by atoms with Gasteiger partial charge < -0.3 is 15.5 Å². The van der Waals surface area contributed by atoms with Gasteiger partial charge in [-0.15, -0.1) is 24.0 Å². The molecule has 6 nitrogen and oxygen atoms in total. The van der Waals surface area contributed by atoms with Crippen molar-refractivity contribution < 1.29 is 0 Å². The van der Waals surface area contributed by atoms with E-state index in [0.29, 0.717) is 6.54 Å². The van der Waals surface area contributed by atoms with Gasteiger partial charge in [0.2, 0.25) is 0 Å². The van der Waals surface area contributed by atoms with Gasteiger partial charge in [-0.25, -0.2) is 4.99 Å². The minimum atomic E-state index is 0. The van der Waals surface area contributed by atoms with Gasteiger partial charge in [0, 0.05) is 44.5 Å². The first-order valence-electron chi connectivity index (χ1n) is 8.92. The zero-order chi connectivity index (χ0) is 16.5. The smallest absolute Gasteiger partial charge is 0.191 e. The fraction of sp³-hybridized carbons (Fsp3) is 0.765. The van der Waals surface area contributed by atoms with Crippen LogP contribution in [-0.2, 0) is 13.6 Å². The Bertz CT molecular complexity index is 487. The minimum Gasteiger partial charge on any atom is -0.357 e. The van der Waals surface area contributed by atoms with Gasteiger partial charge in [-0.2, -0.15) is 5.10 Å². The average Bonchev–Trinajstić information content (AvgIpc) is 2.96. The Morgan fingerprint density at radius 3 is 2.88 bits per heavy atom. The maximum absolute atomic E-state index is 4.62. The van der Waals surface area contributed by atoms with E-state index in [1.807, 2.05) is 24.1 Å².